The van der Waals surface area contributed by atoms with Crippen LogP contribution in [0.4, 0.5) is 10.1 Å². The van der Waals surface area contributed by atoms with Gasteiger partial charge in [-0.15, -0.1) is 0 Å². The Morgan fingerprint density at radius 3 is 2.38 bits per heavy atom. The number of thiocarbonyl (C=S) groups is 1. The van der Waals surface area contributed by atoms with E-state index in [4.69, 9.17) is 12.2 Å². The van der Waals surface area contributed by atoms with Gasteiger partial charge in [0.1, 0.15) is 5.82 Å². The van der Waals surface area contributed by atoms with Gasteiger partial charge >= 0.3 is 0 Å². The smallest absolute Gasteiger partial charge is 0.269 e. The van der Waals surface area contributed by atoms with Crippen LogP contribution in [0, 0.1) is 21.3 Å². The van der Waals surface area contributed by atoms with Crippen LogP contribution in [0.5, 0.6) is 0 Å². The van der Waals surface area contributed by atoms with E-state index in [1.807, 2.05) is 0 Å². The Labute approximate surface area is 173 Å². The molecule has 0 aliphatic rings. The second-order valence-corrected chi connectivity index (χ2v) is 7.77. The molecule has 0 fully saturated rings. The minimum atomic E-state index is -1.38. The SMILES string of the molecule is CC(C)(CO)[C@](C)(NC(=S)NC(=O)c1ccccc1)c1cc([N+](=O)[O-])ccc1F. The number of carbonyl (C=O) groups is 1. The minimum Gasteiger partial charge on any atom is -0.396 e. The molecule has 0 saturated heterocycles. The van der Waals surface area contributed by atoms with E-state index in [9.17, 15) is 24.4 Å². The van der Waals surface area contributed by atoms with E-state index in [0.29, 0.717) is 5.56 Å². The highest BCUT2D eigenvalue weighted by Gasteiger charge is 2.45. The fourth-order valence-electron chi connectivity index (χ4n) is 2.79. The first-order valence-electron chi connectivity index (χ1n) is 8.75. The Balaban J connectivity index is 2.41. The van der Waals surface area contributed by atoms with Crippen LogP contribution in [0.3, 0.4) is 0 Å². The number of rotatable bonds is 6. The van der Waals surface area contributed by atoms with Crippen molar-refractivity contribution in [2.45, 2.75) is 26.3 Å². The number of halogens is 1. The van der Waals surface area contributed by atoms with Gasteiger partial charge in [-0.3, -0.25) is 20.2 Å². The molecule has 0 aliphatic carbocycles. The van der Waals surface area contributed by atoms with E-state index in [1.165, 1.54) is 0 Å². The molecule has 2 aromatic carbocycles. The molecule has 0 aliphatic heterocycles. The maximum atomic E-state index is 14.7. The fraction of sp³-hybridized carbons (Fsp3) is 0.300. The summed E-state index contributed by atoms with van der Waals surface area (Å²) < 4.78 is 14.7. The van der Waals surface area contributed by atoms with Crippen molar-refractivity contribution in [3.05, 3.63) is 75.6 Å². The van der Waals surface area contributed by atoms with Crippen molar-refractivity contribution in [2.24, 2.45) is 5.41 Å². The molecule has 0 radical (unpaired) electrons. The third-order valence-electron chi connectivity index (χ3n) is 5.07. The molecule has 154 valence electrons. The van der Waals surface area contributed by atoms with Crippen LogP contribution in [0.2, 0.25) is 0 Å². The molecule has 1 atom stereocenters. The highest BCUT2D eigenvalue weighted by molar-refractivity contribution is 7.80. The minimum absolute atomic E-state index is 0.0536. The summed E-state index contributed by atoms with van der Waals surface area (Å²) in [6.07, 6.45) is 0. The Morgan fingerprint density at radius 2 is 1.83 bits per heavy atom. The van der Waals surface area contributed by atoms with Crippen molar-refractivity contribution in [3.8, 4) is 0 Å². The Kier molecular flexibility index (Phi) is 6.66. The second kappa shape index (κ2) is 8.62. The lowest BCUT2D eigenvalue weighted by Crippen LogP contribution is -2.58. The molecular weight excluding hydrogens is 397 g/mol. The van der Waals surface area contributed by atoms with Gasteiger partial charge in [0, 0.05) is 28.7 Å². The topological polar surface area (TPSA) is 104 Å². The van der Waals surface area contributed by atoms with Crippen LogP contribution in [0.1, 0.15) is 36.7 Å². The van der Waals surface area contributed by atoms with Crippen LogP contribution in [0.25, 0.3) is 0 Å². The lowest BCUT2D eigenvalue weighted by Gasteiger charge is -2.44. The number of non-ortho nitro benzene ring substituents is 1. The summed E-state index contributed by atoms with van der Waals surface area (Å²) >= 11 is 5.24. The maximum Gasteiger partial charge on any atom is 0.269 e. The molecule has 0 unspecified atom stereocenters. The van der Waals surface area contributed by atoms with Gasteiger partial charge in [-0.05, 0) is 37.3 Å². The molecule has 29 heavy (non-hydrogen) atoms. The molecule has 7 nitrogen and oxygen atoms in total. The normalized spacial score (nSPS) is 13.3. The van der Waals surface area contributed by atoms with Gasteiger partial charge in [0.15, 0.2) is 5.11 Å². The second-order valence-electron chi connectivity index (χ2n) is 7.36. The van der Waals surface area contributed by atoms with E-state index < -0.39 is 27.6 Å². The zero-order chi connectivity index (χ0) is 21.8. The average Bonchev–Trinajstić information content (AvgIpc) is 2.68. The van der Waals surface area contributed by atoms with Gasteiger partial charge in [-0.1, -0.05) is 32.0 Å². The van der Waals surface area contributed by atoms with Crippen LogP contribution in [-0.4, -0.2) is 27.7 Å². The molecule has 9 heteroatoms. The number of benzene rings is 2. The Hall–Kier alpha value is -2.91. The fourth-order valence-corrected chi connectivity index (χ4v) is 3.09. The van der Waals surface area contributed by atoms with Crippen molar-refractivity contribution in [3.63, 3.8) is 0 Å². The first-order valence-corrected chi connectivity index (χ1v) is 9.16. The zero-order valence-corrected chi connectivity index (χ0v) is 17.0. The number of nitrogens with zero attached hydrogens (tertiary/aromatic N) is 1. The molecule has 3 N–H and O–H groups in total. The van der Waals surface area contributed by atoms with Crippen molar-refractivity contribution in [1.82, 2.24) is 10.6 Å². The number of hydrogen-bond donors (Lipinski definition) is 3. The molecule has 0 heterocycles. The number of amides is 1. The van der Waals surface area contributed by atoms with E-state index in [0.717, 1.165) is 18.2 Å². The monoisotopic (exact) mass is 419 g/mol. The van der Waals surface area contributed by atoms with Crippen molar-refractivity contribution >= 4 is 28.9 Å². The van der Waals surface area contributed by atoms with Crippen LogP contribution >= 0.6 is 12.2 Å². The van der Waals surface area contributed by atoms with Crippen molar-refractivity contribution in [2.75, 3.05) is 6.61 Å². The highest BCUT2D eigenvalue weighted by Crippen LogP contribution is 2.41. The number of aliphatic hydroxyl groups excluding tert-OH is 1. The number of carbonyl (C=O) groups excluding carboxylic acids is 1. The number of nitrogens with one attached hydrogen (secondary N) is 2. The molecule has 0 spiro atoms. The summed E-state index contributed by atoms with van der Waals surface area (Å²) in [6, 6.07) is 11.5. The van der Waals surface area contributed by atoms with Gasteiger partial charge in [0.2, 0.25) is 0 Å². The van der Waals surface area contributed by atoms with E-state index in [2.05, 4.69) is 10.6 Å². The Morgan fingerprint density at radius 1 is 1.21 bits per heavy atom. The van der Waals surface area contributed by atoms with Crippen molar-refractivity contribution < 1.29 is 19.2 Å². The lowest BCUT2D eigenvalue weighted by molar-refractivity contribution is -0.385. The summed E-state index contributed by atoms with van der Waals surface area (Å²) in [4.78, 5) is 22.9. The maximum absolute atomic E-state index is 14.7. The quantitative estimate of drug-likeness (QED) is 0.377. The molecule has 0 bridgehead atoms. The first-order chi connectivity index (χ1) is 13.5. The summed E-state index contributed by atoms with van der Waals surface area (Å²) in [5, 5.41) is 26.4. The molecular formula is C20H22FN3O4S. The highest BCUT2D eigenvalue weighted by atomic mass is 32.1. The van der Waals surface area contributed by atoms with E-state index in [1.54, 1.807) is 51.1 Å². The van der Waals surface area contributed by atoms with Gasteiger partial charge < -0.3 is 10.4 Å². The third-order valence-corrected chi connectivity index (χ3v) is 5.28. The molecule has 0 aromatic heterocycles. The molecule has 0 saturated carbocycles. The number of hydrogen-bond acceptors (Lipinski definition) is 5. The van der Waals surface area contributed by atoms with E-state index >= 15 is 0 Å². The summed E-state index contributed by atoms with van der Waals surface area (Å²) in [7, 11) is 0. The van der Waals surface area contributed by atoms with Crippen LogP contribution in [0.15, 0.2) is 48.5 Å². The predicted octanol–water partition coefficient (Wildman–Crippen LogP) is 3.27. The Bertz CT molecular complexity index is 937. The zero-order valence-electron chi connectivity index (χ0n) is 16.2. The van der Waals surface area contributed by atoms with Crippen molar-refractivity contribution in [1.29, 1.82) is 0 Å². The number of nitro benzene ring substituents is 1. The number of aliphatic hydroxyl groups is 1. The molecule has 1 amide bonds. The number of nitro groups is 1. The predicted molar refractivity (Wildman–Crippen MR) is 111 cm³/mol. The average molecular weight is 419 g/mol. The third kappa shape index (κ3) is 4.75. The van der Waals surface area contributed by atoms with E-state index in [-0.39, 0.29) is 23.0 Å². The summed E-state index contributed by atoms with van der Waals surface area (Å²) in [6.45, 7) is 4.49. The standard InChI is InChI=1S/C20H22FN3O4S/c1-19(2,12-25)20(3,15-11-14(24(27)28)9-10-16(15)21)23-18(29)22-17(26)13-7-5-4-6-8-13/h4-11,25H,12H2,1-3H3,(H2,22,23,26,29)/t20-/m1/s1. The van der Waals surface area contributed by atoms with Gasteiger partial charge in [0.25, 0.3) is 11.6 Å². The molecule has 2 aromatic rings. The first kappa shape index (κ1) is 22.4. The van der Waals surface area contributed by atoms with Crippen LogP contribution in [-0.2, 0) is 5.54 Å². The van der Waals surface area contributed by atoms with Crippen LogP contribution < -0.4 is 10.6 Å². The summed E-state index contributed by atoms with van der Waals surface area (Å²) in [5.74, 6) is -1.17. The van der Waals surface area contributed by atoms with Gasteiger partial charge in [-0.25, -0.2) is 4.39 Å². The molecule has 2 rings (SSSR count). The van der Waals surface area contributed by atoms with Gasteiger partial charge in [-0.2, -0.15) is 0 Å². The van der Waals surface area contributed by atoms with Gasteiger partial charge in [0.05, 0.1) is 17.1 Å². The lowest BCUT2D eigenvalue weighted by atomic mass is 9.69. The summed E-state index contributed by atoms with van der Waals surface area (Å²) in [5.41, 5.74) is -2.37. The largest absolute Gasteiger partial charge is 0.396 e.